The number of hydrogen-bond donors (Lipinski definition) is 1. The number of nitrogens with zero attached hydrogens (tertiary/aromatic N) is 2. The van der Waals surface area contributed by atoms with Gasteiger partial charge in [0, 0.05) is 12.1 Å². The molecular formula is C26H37N3O5S. The van der Waals surface area contributed by atoms with E-state index in [0.29, 0.717) is 11.4 Å². The molecule has 0 aromatic heterocycles. The molecule has 35 heavy (non-hydrogen) atoms. The number of anilines is 1. The lowest BCUT2D eigenvalue weighted by Crippen LogP contribution is -2.54. The normalized spacial score (nSPS) is 12.6. The fraction of sp³-hybridized carbons (Fsp3) is 0.462. The van der Waals surface area contributed by atoms with Crippen LogP contribution in [0.25, 0.3) is 0 Å². The largest absolute Gasteiger partial charge is 0.497 e. The summed E-state index contributed by atoms with van der Waals surface area (Å²) in [6.45, 7) is 10.6. The molecule has 192 valence electrons. The Balaban J connectivity index is 2.44. The Morgan fingerprint density at radius 2 is 1.66 bits per heavy atom. The second-order valence-electron chi connectivity index (χ2n) is 9.77. The highest BCUT2D eigenvalue weighted by Crippen LogP contribution is 2.25. The molecule has 2 amide bonds. The number of sulfonamides is 1. The summed E-state index contributed by atoms with van der Waals surface area (Å²) in [5.41, 5.74) is 2.42. The highest BCUT2D eigenvalue weighted by Gasteiger charge is 2.31. The van der Waals surface area contributed by atoms with Crippen LogP contribution in [0.4, 0.5) is 5.69 Å². The Labute approximate surface area is 209 Å². The van der Waals surface area contributed by atoms with Crippen LogP contribution in [0.1, 0.15) is 44.4 Å². The Morgan fingerprint density at radius 3 is 2.17 bits per heavy atom. The number of carbonyl (C=O) groups excluding carboxylic acids is 2. The van der Waals surface area contributed by atoms with E-state index in [-0.39, 0.29) is 12.5 Å². The average molecular weight is 504 g/mol. The first-order valence-electron chi connectivity index (χ1n) is 11.4. The zero-order valence-corrected chi connectivity index (χ0v) is 22.7. The number of nitrogens with one attached hydrogen (secondary N) is 1. The maximum Gasteiger partial charge on any atom is 0.244 e. The summed E-state index contributed by atoms with van der Waals surface area (Å²) in [6.07, 6.45) is 1.08. The third kappa shape index (κ3) is 7.71. The van der Waals surface area contributed by atoms with Gasteiger partial charge in [-0.25, -0.2) is 8.42 Å². The summed E-state index contributed by atoms with van der Waals surface area (Å²) in [4.78, 5) is 28.0. The highest BCUT2D eigenvalue weighted by molar-refractivity contribution is 7.92. The number of amides is 2. The minimum atomic E-state index is -3.77. The molecule has 1 atom stereocenters. The van der Waals surface area contributed by atoms with Crippen molar-refractivity contribution in [1.29, 1.82) is 0 Å². The second-order valence-corrected chi connectivity index (χ2v) is 11.7. The van der Waals surface area contributed by atoms with Gasteiger partial charge in [-0.15, -0.1) is 0 Å². The molecule has 0 heterocycles. The topological polar surface area (TPSA) is 96.0 Å². The van der Waals surface area contributed by atoms with Crippen molar-refractivity contribution in [1.82, 2.24) is 10.2 Å². The van der Waals surface area contributed by atoms with Crippen LogP contribution < -0.4 is 14.4 Å². The van der Waals surface area contributed by atoms with Crippen LogP contribution in [0.2, 0.25) is 0 Å². The molecule has 2 rings (SSSR count). The quantitative estimate of drug-likeness (QED) is 0.566. The van der Waals surface area contributed by atoms with Crippen LogP contribution in [0, 0.1) is 13.8 Å². The first-order chi connectivity index (χ1) is 16.1. The van der Waals surface area contributed by atoms with E-state index in [4.69, 9.17) is 4.74 Å². The molecule has 0 spiro atoms. The summed E-state index contributed by atoms with van der Waals surface area (Å²) in [5, 5.41) is 2.91. The van der Waals surface area contributed by atoms with E-state index >= 15 is 0 Å². The van der Waals surface area contributed by atoms with E-state index < -0.39 is 34.1 Å². The van der Waals surface area contributed by atoms with E-state index in [1.165, 1.54) is 4.90 Å². The van der Waals surface area contributed by atoms with Crippen molar-refractivity contribution in [2.24, 2.45) is 0 Å². The van der Waals surface area contributed by atoms with Gasteiger partial charge in [0.2, 0.25) is 21.8 Å². The molecule has 2 aromatic rings. The molecule has 8 nitrogen and oxygen atoms in total. The van der Waals surface area contributed by atoms with Crippen molar-refractivity contribution in [3.8, 4) is 5.75 Å². The number of hydrogen-bond acceptors (Lipinski definition) is 5. The lowest BCUT2D eigenvalue weighted by atomic mass is 10.1. The minimum absolute atomic E-state index is 0.131. The van der Waals surface area contributed by atoms with Gasteiger partial charge in [-0.1, -0.05) is 24.3 Å². The summed E-state index contributed by atoms with van der Waals surface area (Å²) in [6, 6.07) is 11.7. The molecule has 0 aliphatic carbocycles. The number of carbonyl (C=O) groups is 2. The highest BCUT2D eigenvalue weighted by atomic mass is 32.2. The number of aryl methyl sites for hydroxylation is 1. The van der Waals surface area contributed by atoms with Gasteiger partial charge in [0.25, 0.3) is 0 Å². The van der Waals surface area contributed by atoms with Crippen LogP contribution in [-0.4, -0.2) is 56.6 Å². The first kappa shape index (κ1) is 28.2. The zero-order valence-electron chi connectivity index (χ0n) is 21.9. The van der Waals surface area contributed by atoms with Crippen molar-refractivity contribution in [2.45, 2.75) is 59.7 Å². The Hall–Kier alpha value is -3.07. The van der Waals surface area contributed by atoms with E-state index in [1.54, 1.807) is 38.3 Å². The fourth-order valence-electron chi connectivity index (χ4n) is 3.58. The Morgan fingerprint density at radius 1 is 1.06 bits per heavy atom. The second kappa shape index (κ2) is 11.1. The average Bonchev–Trinajstić information content (AvgIpc) is 2.76. The molecule has 0 aliphatic heterocycles. The number of ether oxygens (including phenoxy) is 1. The standard InChI is InChI=1S/C26H37N3O5S/c1-18-10-9-11-23(19(18)2)29(35(8,32)33)17-24(30)28(20(3)25(31)27-26(4,5)6)16-21-12-14-22(34-7)15-13-21/h9-15,20H,16-17H2,1-8H3,(H,27,31). The molecule has 0 bridgehead atoms. The lowest BCUT2D eigenvalue weighted by molar-refractivity contribution is -0.140. The molecule has 0 radical (unpaired) electrons. The summed E-state index contributed by atoms with van der Waals surface area (Å²) in [5.74, 6) is -0.135. The van der Waals surface area contributed by atoms with E-state index in [1.807, 2.05) is 52.8 Å². The van der Waals surface area contributed by atoms with Gasteiger partial charge < -0.3 is 15.0 Å². The monoisotopic (exact) mass is 503 g/mol. The van der Waals surface area contributed by atoms with Crippen molar-refractivity contribution in [3.63, 3.8) is 0 Å². The van der Waals surface area contributed by atoms with Crippen LogP contribution in [0.5, 0.6) is 5.75 Å². The van der Waals surface area contributed by atoms with Crippen molar-refractivity contribution in [2.75, 3.05) is 24.2 Å². The van der Waals surface area contributed by atoms with E-state index in [0.717, 1.165) is 27.3 Å². The molecule has 1 unspecified atom stereocenters. The zero-order chi connectivity index (χ0) is 26.6. The molecule has 0 saturated carbocycles. The number of benzene rings is 2. The molecule has 0 saturated heterocycles. The van der Waals surface area contributed by atoms with Gasteiger partial charge in [0.1, 0.15) is 18.3 Å². The van der Waals surface area contributed by atoms with Gasteiger partial charge >= 0.3 is 0 Å². The van der Waals surface area contributed by atoms with Crippen LogP contribution >= 0.6 is 0 Å². The fourth-order valence-corrected chi connectivity index (χ4v) is 4.48. The minimum Gasteiger partial charge on any atom is -0.497 e. The van der Waals surface area contributed by atoms with Crippen molar-refractivity contribution >= 4 is 27.5 Å². The summed E-state index contributed by atoms with van der Waals surface area (Å²) >= 11 is 0. The SMILES string of the molecule is COc1ccc(CN(C(=O)CN(c2cccc(C)c2C)S(C)(=O)=O)C(C)C(=O)NC(C)(C)C)cc1. The molecular weight excluding hydrogens is 466 g/mol. The molecule has 0 aliphatic rings. The van der Waals surface area contributed by atoms with E-state index in [9.17, 15) is 18.0 Å². The summed E-state index contributed by atoms with van der Waals surface area (Å²) in [7, 11) is -2.21. The van der Waals surface area contributed by atoms with Gasteiger partial charge in [-0.05, 0) is 76.4 Å². The molecule has 1 N–H and O–H groups in total. The maximum atomic E-state index is 13.6. The van der Waals surface area contributed by atoms with Gasteiger partial charge in [-0.2, -0.15) is 0 Å². The Kier molecular flexibility index (Phi) is 8.94. The van der Waals surface area contributed by atoms with Crippen LogP contribution in [0.15, 0.2) is 42.5 Å². The molecule has 9 heteroatoms. The van der Waals surface area contributed by atoms with Gasteiger partial charge in [0.15, 0.2) is 0 Å². The van der Waals surface area contributed by atoms with Crippen molar-refractivity contribution in [3.05, 3.63) is 59.2 Å². The smallest absolute Gasteiger partial charge is 0.244 e. The van der Waals surface area contributed by atoms with Crippen LogP contribution in [-0.2, 0) is 26.2 Å². The van der Waals surface area contributed by atoms with Gasteiger partial charge in [0.05, 0.1) is 19.1 Å². The third-order valence-corrected chi connectivity index (χ3v) is 6.83. The van der Waals surface area contributed by atoms with E-state index in [2.05, 4.69) is 5.32 Å². The van der Waals surface area contributed by atoms with Gasteiger partial charge in [-0.3, -0.25) is 13.9 Å². The lowest BCUT2D eigenvalue weighted by Gasteiger charge is -2.33. The molecule has 2 aromatic carbocycles. The number of rotatable bonds is 9. The summed E-state index contributed by atoms with van der Waals surface area (Å²) < 4.78 is 31.8. The predicted molar refractivity (Wildman–Crippen MR) is 139 cm³/mol. The number of methoxy groups -OCH3 is 1. The third-order valence-electron chi connectivity index (χ3n) is 5.70. The first-order valence-corrected chi connectivity index (χ1v) is 13.3. The Bertz CT molecular complexity index is 1150. The maximum absolute atomic E-state index is 13.6. The van der Waals surface area contributed by atoms with Crippen LogP contribution in [0.3, 0.4) is 0 Å². The predicted octanol–water partition coefficient (Wildman–Crippen LogP) is 3.41. The van der Waals surface area contributed by atoms with Crippen molar-refractivity contribution < 1.29 is 22.7 Å². The molecule has 0 fully saturated rings.